The molecule has 12 heteroatoms. The molecule has 2 N–H and O–H groups in total. The summed E-state index contributed by atoms with van der Waals surface area (Å²) in [5.41, 5.74) is 0.762. The Morgan fingerprint density at radius 3 is 2.39 bits per heavy atom. The van der Waals surface area contributed by atoms with Crippen LogP contribution in [0.25, 0.3) is 0 Å². The molecule has 178 valence electrons. The minimum absolute atomic E-state index is 0.0390. The minimum atomic E-state index is -4.47. The van der Waals surface area contributed by atoms with Crippen molar-refractivity contribution in [1.82, 2.24) is 14.9 Å². The van der Waals surface area contributed by atoms with Crippen LogP contribution in [-0.4, -0.2) is 57.0 Å². The first-order valence-corrected chi connectivity index (χ1v) is 11.5. The summed E-state index contributed by atoms with van der Waals surface area (Å²) in [6.45, 7) is -0.109. The van der Waals surface area contributed by atoms with E-state index in [1.54, 1.807) is 12.1 Å². The van der Waals surface area contributed by atoms with Crippen LogP contribution in [0.15, 0.2) is 47.4 Å². The molecule has 1 saturated heterocycles. The van der Waals surface area contributed by atoms with Gasteiger partial charge in [0.05, 0.1) is 13.2 Å². The van der Waals surface area contributed by atoms with Crippen LogP contribution >= 0.6 is 0 Å². The number of hydrogen-bond donors (Lipinski definition) is 2. The normalized spacial score (nSPS) is 16.9. The van der Waals surface area contributed by atoms with Crippen LogP contribution in [-0.2, 0) is 30.8 Å². The third kappa shape index (κ3) is 6.30. The van der Waals surface area contributed by atoms with Gasteiger partial charge in [-0.2, -0.15) is 4.31 Å². The van der Waals surface area contributed by atoms with Crippen molar-refractivity contribution >= 4 is 21.8 Å². The molecular weight excluding hydrogens is 463 g/mol. The predicted molar refractivity (Wildman–Crippen MR) is 111 cm³/mol. The molecule has 2 amide bonds. The van der Waals surface area contributed by atoms with E-state index in [9.17, 15) is 31.2 Å². The maximum absolute atomic E-state index is 14.1. The van der Waals surface area contributed by atoms with Crippen molar-refractivity contribution in [3.05, 3.63) is 65.5 Å². The van der Waals surface area contributed by atoms with Crippen LogP contribution in [0, 0.1) is 17.5 Å². The lowest BCUT2D eigenvalue weighted by atomic mass is 10.1. The fourth-order valence-corrected chi connectivity index (χ4v) is 4.86. The van der Waals surface area contributed by atoms with Gasteiger partial charge in [-0.1, -0.05) is 12.1 Å². The second-order valence-corrected chi connectivity index (χ2v) is 9.07. The maximum Gasteiger partial charge on any atom is 0.309 e. The Hall–Kier alpha value is -2.96. The lowest BCUT2D eigenvalue weighted by Gasteiger charge is -2.34. The van der Waals surface area contributed by atoms with Crippen molar-refractivity contribution in [2.45, 2.75) is 24.0 Å². The number of ether oxygens (including phenoxy) is 1. The monoisotopic (exact) mass is 485 g/mol. The van der Waals surface area contributed by atoms with Crippen LogP contribution in [0.3, 0.4) is 0 Å². The van der Waals surface area contributed by atoms with E-state index in [-0.39, 0.29) is 32.1 Å². The third-order valence-electron chi connectivity index (χ3n) is 4.89. The number of benzene rings is 2. The van der Waals surface area contributed by atoms with Gasteiger partial charge in [-0.25, -0.2) is 21.6 Å². The van der Waals surface area contributed by atoms with E-state index in [1.165, 1.54) is 12.1 Å². The Bertz CT molecular complexity index is 1110. The first kappa shape index (κ1) is 24.7. The summed E-state index contributed by atoms with van der Waals surface area (Å²) in [4.78, 5) is 23.2. The number of halogens is 3. The zero-order chi connectivity index (χ0) is 24.0. The summed E-state index contributed by atoms with van der Waals surface area (Å²) in [6, 6.07) is 7.75. The Balaban J connectivity index is 1.57. The lowest BCUT2D eigenvalue weighted by molar-refractivity contribution is -0.140. The van der Waals surface area contributed by atoms with Crippen LogP contribution in [0.5, 0.6) is 0 Å². The maximum atomic E-state index is 14.1. The summed E-state index contributed by atoms with van der Waals surface area (Å²) in [6.07, 6.45) is -0.525. The summed E-state index contributed by atoms with van der Waals surface area (Å²) in [5.74, 6) is -4.39. The van der Waals surface area contributed by atoms with Gasteiger partial charge >= 0.3 is 11.8 Å². The van der Waals surface area contributed by atoms with Crippen LogP contribution in [0.1, 0.15) is 12.0 Å². The highest BCUT2D eigenvalue weighted by Gasteiger charge is 2.36. The Morgan fingerprint density at radius 2 is 1.67 bits per heavy atom. The standard InChI is InChI=1S/C21H22F3N3O5S/c22-15-4-2-14(3-5-15)8-9-25-20(28)21(29)26-13-19-27(10-1-11-32-19)33(30,31)18-12-16(23)6-7-17(18)24/h2-7,12,19H,1,8-11,13H2,(H,25,28)(H,26,29). The molecule has 0 aromatic heterocycles. The Morgan fingerprint density at radius 1 is 1.00 bits per heavy atom. The first-order chi connectivity index (χ1) is 15.7. The second kappa shape index (κ2) is 10.8. The molecule has 3 rings (SSSR count). The number of carbonyl (C=O) groups excluding carboxylic acids is 2. The first-order valence-electron chi connectivity index (χ1n) is 10.1. The van der Waals surface area contributed by atoms with Gasteiger partial charge in [-0.05, 0) is 48.7 Å². The average Bonchev–Trinajstić information content (AvgIpc) is 2.80. The van der Waals surface area contributed by atoms with Crippen molar-refractivity contribution in [2.75, 3.05) is 26.2 Å². The highest BCUT2D eigenvalue weighted by atomic mass is 32.2. The number of hydrogen-bond acceptors (Lipinski definition) is 5. The summed E-state index contributed by atoms with van der Waals surface area (Å²) in [5, 5.41) is 4.69. The quantitative estimate of drug-likeness (QED) is 0.576. The average molecular weight is 485 g/mol. The van der Waals surface area contributed by atoms with Gasteiger partial charge in [0.2, 0.25) is 10.0 Å². The molecule has 1 atom stereocenters. The molecule has 8 nitrogen and oxygen atoms in total. The van der Waals surface area contributed by atoms with E-state index in [2.05, 4.69) is 10.6 Å². The van der Waals surface area contributed by atoms with Crippen molar-refractivity contribution < 1.29 is 35.9 Å². The third-order valence-corrected chi connectivity index (χ3v) is 6.79. The fraction of sp³-hybridized carbons (Fsp3) is 0.333. The number of carbonyl (C=O) groups is 2. The molecule has 0 bridgehead atoms. The summed E-state index contributed by atoms with van der Waals surface area (Å²) >= 11 is 0. The van der Waals surface area contributed by atoms with Crippen LogP contribution in [0.4, 0.5) is 13.2 Å². The predicted octanol–water partition coefficient (Wildman–Crippen LogP) is 1.32. The van der Waals surface area contributed by atoms with Crippen molar-refractivity contribution in [3.63, 3.8) is 0 Å². The second-order valence-electron chi connectivity index (χ2n) is 7.21. The molecule has 2 aromatic carbocycles. The van der Waals surface area contributed by atoms with E-state index in [0.717, 1.165) is 15.9 Å². The zero-order valence-corrected chi connectivity index (χ0v) is 18.2. The molecular formula is C21H22F3N3O5S. The van der Waals surface area contributed by atoms with E-state index in [0.29, 0.717) is 25.0 Å². The molecule has 1 heterocycles. The molecule has 1 unspecified atom stereocenters. The molecule has 0 saturated carbocycles. The number of sulfonamides is 1. The van der Waals surface area contributed by atoms with E-state index >= 15 is 0 Å². The zero-order valence-electron chi connectivity index (χ0n) is 17.4. The number of amides is 2. The van der Waals surface area contributed by atoms with Gasteiger partial charge in [0.25, 0.3) is 0 Å². The smallest absolute Gasteiger partial charge is 0.309 e. The molecule has 1 aliphatic heterocycles. The van der Waals surface area contributed by atoms with Gasteiger partial charge in [0.1, 0.15) is 28.6 Å². The number of nitrogens with zero attached hydrogens (tertiary/aromatic N) is 1. The number of nitrogens with one attached hydrogen (secondary N) is 2. The Kier molecular flexibility index (Phi) is 8.06. The van der Waals surface area contributed by atoms with Crippen LogP contribution < -0.4 is 10.6 Å². The molecule has 1 aliphatic rings. The number of rotatable bonds is 7. The molecule has 0 spiro atoms. The van der Waals surface area contributed by atoms with Gasteiger partial charge in [0, 0.05) is 13.1 Å². The van der Waals surface area contributed by atoms with Gasteiger partial charge in [-0.3, -0.25) is 9.59 Å². The van der Waals surface area contributed by atoms with Crippen molar-refractivity contribution in [2.24, 2.45) is 0 Å². The molecule has 33 heavy (non-hydrogen) atoms. The highest BCUT2D eigenvalue weighted by Crippen LogP contribution is 2.24. The SMILES string of the molecule is O=C(NCCc1ccc(F)cc1)C(=O)NCC1OCCCN1S(=O)(=O)c1cc(F)ccc1F. The molecule has 2 aromatic rings. The highest BCUT2D eigenvalue weighted by molar-refractivity contribution is 7.89. The van der Waals surface area contributed by atoms with Gasteiger partial charge in [-0.15, -0.1) is 0 Å². The fourth-order valence-electron chi connectivity index (χ4n) is 3.22. The van der Waals surface area contributed by atoms with Crippen molar-refractivity contribution in [3.8, 4) is 0 Å². The van der Waals surface area contributed by atoms with E-state index in [1.807, 2.05) is 0 Å². The largest absolute Gasteiger partial charge is 0.360 e. The topological polar surface area (TPSA) is 105 Å². The minimum Gasteiger partial charge on any atom is -0.360 e. The summed E-state index contributed by atoms with van der Waals surface area (Å²) in [7, 11) is -4.47. The molecule has 0 radical (unpaired) electrons. The Labute approximate surface area is 188 Å². The van der Waals surface area contributed by atoms with Gasteiger partial charge in [0.15, 0.2) is 0 Å². The van der Waals surface area contributed by atoms with Gasteiger partial charge < -0.3 is 15.4 Å². The van der Waals surface area contributed by atoms with E-state index in [4.69, 9.17) is 4.74 Å². The van der Waals surface area contributed by atoms with Crippen molar-refractivity contribution in [1.29, 1.82) is 0 Å². The molecule has 1 fully saturated rings. The molecule has 0 aliphatic carbocycles. The lowest BCUT2D eigenvalue weighted by Crippen LogP contribution is -2.53. The summed E-state index contributed by atoms with van der Waals surface area (Å²) < 4.78 is 72.5. The van der Waals surface area contributed by atoms with E-state index < -0.39 is 44.6 Å². The van der Waals surface area contributed by atoms with Crippen LogP contribution in [0.2, 0.25) is 0 Å².